The first-order valence-electron chi connectivity index (χ1n) is 15.2. The number of aryl methyl sites for hydroxylation is 3. The van der Waals surface area contributed by atoms with Crippen molar-refractivity contribution in [3.05, 3.63) is 86.3 Å². The van der Waals surface area contributed by atoms with E-state index in [4.69, 9.17) is 16.1 Å². The second kappa shape index (κ2) is 11.9. The van der Waals surface area contributed by atoms with Crippen LogP contribution in [0.3, 0.4) is 0 Å². The standard InChI is InChI=1S/C33H36ClF3N4O3/c1-20-27(21(2)44-39-20)19-40-13-9-32(10-14-40)11-15-41(16-12-32)31(43)23-4-3-22-5-8-29(25(22)17-23)38-30(42)26-18-24(33(35,36)37)6-7-28(26)34/h3-4,6-7,17-18,29H,5,8-16,19H2,1-2H3,(H,38,42). The smallest absolute Gasteiger partial charge is 0.361 e. The van der Waals surface area contributed by atoms with Crippen molar-refractivity contribution in [1.82, 2.24) is 20.3 Å². The molecular weight excluding hydrogens is 593 g/mol. The fourth-order valence-corrected chi connectivity index (χ4v) is 7.20. The molecule has 1 unspecified atom stereocenters. The third-order valence-corrected chi connectivity index (χ3v) is 10.2. The van der Waals surface area contributed by atoms with Gasteiger partial charge >= 0.3 is 6.18 Å². The molecule has 2 aromatic carbocycles. The molecule has 1 spiro atoms. The van der Waals surface area contributed by atoms with E-state index in [1.807, 2.05) is 36.9 Å². The summed E-state index contributed by atoms with van der Waals surface area (Å²) in [6.45, 7) is 8.24. The van der Waals surface area contributed by atoms with E-state index in [0.29, 0.717) is 31.5 Å². The van der Waals surface area contributed by atoms with Gasteiger partial charge in [0.05, 0.1) is 27.9 Å². The van der Waals surface area contributed by atoms with Crippen molar-refractivity contribution < 1.29 is 27.3 Å². The number of hydrogen-bond donors (Lipinski definition) is 1. The van der Waals surface area contributed by atoms with Crippen molar-refractivity contribution in [2.24, 2.45) is 5.41 Å². The van der Waals surface area contributed by atoms with Gasteiger partial charge < -0.3 is 14.7 Å². The van der Waals surface area contributed by atoms with Crippen molar-refractivity contribution in [3.8, 4) is 0 Å². The number of carbonyl (C=O) groups is 2. The molecule has 2 fully saturated rings. The zero-order valence-electron chi connectivity index (χ0n) is 24.9. The maximum absolute atomic E-state index is 13.6. The molecule has 1 aliphatic carbocycles. The van der Waals surface area contributed by atoms with Crippen LogP contribution in [0.1, 0.15) is 92.6 Å². The molecule has 6 rings (SSSR count). The average molecular weight is 629 g/mol. The van der Waals surface area contributed by atoms with Gasteiger partial charge in [0.2, 0.25) is 0 Å². The summed E-state index contributed by atoms with van der Waals surface area (Å²) < 4.78 is 45.0. The molecular formula is C33H36ClF3N4O3. The number of benzene rings is 2. The molecule has 234 valence electrons. The minimum Gasteiger partial charge on any atom is -0.361 e. The van der Waals surface area contributed by atoms with Gasteiger partial charge in [-0.3, -0.25) is 14.5 Å². The molecule has 1 atom stereocenters. The van der Waals surface area contributed by atoms with Crippen LogP contribution in [0.5, 0.6) is 0 Å². The molecule has 1 N–H and O–H groups in total. The second-order valence-electron chi connectivity index (χ2n) is 12.5. The Bertz CT molecular complexity index is 1550. The Hall–Kier alpha value is -3.37. The summed E-state index contributed by atoms with van der Waals surface area (Å²) in [5.74, 6) is 0.182. The van der Waals surface area contributed by atoms with E-state index < -0.39 is 23.7 Å². The number of carbonyl (C=O) groups excluding carboxylic acids is 2. The largest absolute Gasteiger partial charge is 0.416 e. The number of nitrogens with zero attached hydrogens (tertiary/aromatic N) is 3. The number of piperidine rings is 2. The van der Waals surface area contributed by atoms with Gasteiger partial charge in [0, 0.05) is 30.8 Å². The zero-order valence-corrected chi connectivity index (χ0v) is 25.7. The fourth-order valence-electron chi connectivity index (χ4n) is 7.00. The Morgan fingerprint density at radius 3 is 2.41 bits per heavy atom. The monoisotopic (exact) mass is 628 g/mol. The Morgan fingerprint density at radius 2 is 1.75 bits per heavy atom. The Morgan fingerprint density at radius 1 is 1.05 bits per heavy atom. The summed E-state index contributed by atoms with van der Waals surface area (Å²) in [5, 5.41) is 6.88. The summed E-state index contributed by atoms with van der Waals surface area (Å²) in [6.07, 6.45) is 0.859. The van der Waals surface area contributed by atoms with E-state index in [2.05, 4.69) is 15.4 Å². The maximum atomic E-state index is 13.6. The van der Waals surface area contributed by atoms with Crippen LogP contribution >= 0.6 is 11.6 Å². The minimum atomic E-state index is -4.59. The molecule has 11 heteroatoms. The van der Waals surface area contributed by atoms with Crippen LogP contribution in [0.25, 0.3) is 0 Å². The van der Waals surface area contributed by atoms with Crippen LogP contribution in [0.15, 0.2) is 40.9 Å². The number of aromatic nitrogens is 1. The molecule has 3 aliphatic rings. The molecule has 0 radical (unpaired) electrons. The number of hydrogen-bond acceptors (Lipinski definition) is 5. The maximum Gasteiger partial charge on any atom is 0.416 e. The minimum absolute atomic E-state index is 0.0311. The van der Waals surface area contributed by atoms with Crippen LogP contribution in [0.2, 0.25) is 5.02 Å². The molecule has 3 heterocycles. The van der Waals surface area contributed by atoms with Gasteiger partial charge in [-0.25, -0.2) is 0 Å². The van der Waals surface area contributed by atoms with E-state index in [1.165, 1.54) is 5.56 Å². The molecule has 0 bridgehead atoms. The Balaban J connectivity index is 1.07. The molecule has 7 nitrogen and oxygen atoms in total. The number of fused-ring (bicyclic) bond motifs is 1. The topological polar surface area (TPSA) is 78.7 Å². The van der Waals surface area contributed by atoms with Gasteiger partial charge in [-0.2, -0.15) is 13.2 Å². The number of rotatable bonds is 5. The first kappa shape index (κ1) is 30.6. The summed E-state index contributed by atoms with van der Waals surface area (Å²) >= 11 is 6.09. The number of amides is 2. The Labute approximate surface area is 259 Å². The third kappa shape index (κ3) is 6.11. The van der Waals surface area contributed by atoms with Crippen molar-refractivity contribution in [2.75, 3.05) is 26.2 Å². The van der Waals surface area contributed by atoms with Gasteiger partial charge in [-0.1, -0.05) is 22.8 Å². The van der Waals surface area contributed by atoms with Crippen molar-refractivity contribution in [2.45, 2.75) is 71.1 Å². The van der Waals surface area contributed by atoms with E-state index in [1.54, 1.807) is 0 Å². The van der Waals surface area contributed by atoms with Crippen molar-refractivity contribution in [1.29, 1.82) is 0 Å². The first-order valence-corrected chi connectivity index (χ1v) is 15.5. The highest BCUT2D eigenvalue weighted by atomic mass is 35.5. The third-order valence-electron chi connectivity index (χ3n) is 9.91. The second-order valence-corrected chi connectivity index (χ2v) is 12.9. The highest BCUT2D eigenvalue weighted by molar-refractivity contribution is 6.33. The summed E-state index contributed by atoms with van der Waals surface area (Å²) in [6, 6.07) is 7.90. The average Bonchev–Trinajstić information content (AvgIpc) is 3.55. The lowest BCUT2D eigenvalue weighted by atomic mass is 9.71. The van der Waals surface area contributed by atoms with Crippen LogP contribution < -0.4 is 5.32 Å². The molecule has 44 heavy (non-hydrogen) atoms. The van der Waals surface area contributed by atoms with E-state index in [0.717, 1.165) is 86.1 Å². The van der Waals surface area contributed by atoms with Gasteiger partial charge in [-0.05, 0) is 112 Å². The predicted octanol–water partition coefficient (Wildman–Crippen LogP) is 6.90. The molecule has 3 aromatic rings. The lowest BCUT2D eigenvalue weighted by molar-refractivity contribution is -0.137. The SMILES string of the molecule is Cc1noc(C)c1CN1CCC2(CC1)CCN(C(=O)c1ccc3c(c1)C(NC(=O)c1cc(C(F)(F)F)ccc1Cl)CC3)CC2. The van der Waals surface area contributed by atoms with Crippen LogP contribution in [-0.4, -0.2) is 52.9 Å². The van der Waals surface area contributed by atoms with Crippen LogP contribution in [-0.2, 0) is 19.1 Å². The molecule has 2 saturated heterocycles. The normalized spacial score (nSPS) is 20.1. The lowest BCUT2D eigenvalue weighted by Crippen LogP contribution is -2.48. The first-order chi connectivity index (χ1) is 20.9. The van der Waals surface area contributed by atoms with Gasteiger partial charge in [0.25, 0.3) is 11.8 Å². The fraction of sp³-hybridized carbons (Fsp3) is 0.485. The number of halogens is 4. The molecule has 2 aliphatic heterocycles. The number of alkyl halides is 3. The highest BCUT2D eigenvalue weighted by Crippen LogP contribution is 2.42. The highest BCUT2D eigenvalue weighted by Gasteiger charge is 2.39. The summed E-state index contributed by atoms with van der Waals surface area (Å²) in [7, 11) is 0. The van der Waals surface area contributed by atoms with Gasteiger partial charge in [0.15, 0.2) is 0 Å². The summed E-state index contributed by atoms with van der Waals surface area (Å²) in [5.41, 5.74) is 3.63. The number of nitrogens with one attached hydrogen (secondary N) is 1. The molecule has 0 saturated carbocycles. The van der Waals surface area contributed by atoms with E-state index >= 15 is 0 Å². The van der Waals surface area contributed by atoms with E-state index in [9.17, 15) is 22.8 Å². The summed E-state index contributed by atoms with van der Waals surface area (Å²) in [4.78, 5) is 31.0. The van der Waals surface area contributed by atoms with Crippen molar-refractivity contribution in [3.63, 3.8) is 0 Å². The predicted molar refractivity (Wildman–Crippen MR) is 159 cm³/mol. The molecule has 1 aromatic heterocycles. The van der Waals surface area contributed by atoms with Crippen molar-refractivity contribution >= 4 is 23.4 Å². The lowest BCUT2D eigenvalue weighted by Gasteiger charge is -2.47. The van der Waals surface area contributed by atoms with Crippen LogP contribution in [0.4, 0.5) is 13.2 Å². The van der Waals surface area contributed by atoms with Crippen LogP contribution in [0, 0.1) is 19.3 Å². The van der Waals surface area contributed by atoms with Gasteiger partial charge in [-0.15, -0.1) is 0 Å². The van der Waals surface area contributed by atoms with Gasteiger partial charge in [0.1, 0.15) is 5.76 Å². The molecule has 2 amide bonds. The quantitative estimate of drug-likeness (QED) is 0.333. The number of likely N-dealkylation sites (tertiary alicyclic amines) is 2. The van der Waals surface area contributed by atoms with E-state index in [-0.39, 0.29) is 21.9 Å². The zero-order chi connectivity index (χ0) is 31.2. The Kier molecular flexibility index (Phi) is 8.26.